The Balaban J connectivity index is 1.41. The number of rotatable bonds is 5. The summed E-state index contributed by atoms with van der Waals surface area (Å²) in [6, 6.07) is 20.3. The standard InChI is InChI=1S/C29H31ClN2S/c1-17(2)20-9-11-21(12-10-20)29-24-7-5-6-23(24)25-15-28(26(30)16-27(25)31-29)33-32-22-13-8-18(3)19(4)14-22/h5-6,8-17,23-24,29,31-32H,7H2,1-4H3/t23?,24?,29-/m0/s1. The van der Waals surface area contributed by atoms with Crippen LogP contribution in [0.1, 0.15) is 66.0 Å². The van der Waals surface area contributed by atoms with Gasteiger partial charge in [0.25, 0.3) is 0 Å². The molecule has 0 amide bonds. The molecule has 0 saturated heterocycles. The second-order valence-electron chi connectivity index (χ2n) is 9.67. The van der Waals surface area contributed by atoms with E-state index in [2.05, 4.69) is 104 Å². The quantitative estimate of drug-likeness (QED) is 0.285. The highest BCUT2D eigenvalue weighted by atomic mass is 35.5. The number of fused-ring (bicyclic) bond motifs is 3. The van der Waals surface area contributed by atoms with Crippen LogP contribution < -0.4 is 10.0 Å². The van der Waals surface area contributed by atoms with E-state index in [0.717, 1.165) is 27.7 Å². The Bertz CT molecular complexity index is 1200. The van der Waals surface area contributed by atoms with Gasteiger partial charge in [-0.1, -0.05) is 67.9 Å². The van der Waals surface area contributed by atoms with Crippen molar-refractivity contribution in [2.75, 3.05) is 10.0 Å². The van der Waals surface area contributed by atoms with E-state index in [9.17, 15) is 0 Å². The van der Waals surface area contributed by atoms with Crippen LogP contribution in [-0.2, 0) is 0 Å². The lowest BCUT2D eigenvalue weighted by Crippen LogP contribution is -2.29. The fourth-order valence-electron chi connectivity index (χ4n) is 5.01. The van der Waals surface area contributed by atoms with E-state index < -0.39 is 0 Å². The maximum Gasteiger partial charge on any atom is 0.0580 e. The van der Waals surface area contributed by atoms with Crippen LogP contribution in [-0.4, -0.2) is 0 Å². The molecule has 4 heteroatoms. The van der Waals surface area contributed by atoms with Gasteiger partial charge in [0.05, 0.1) is 11.1 Å². The predicted octanol–water partition coefficient (Wildman–Crippen LogP) is 9.03. The first-order valence-corrected chi connectivity index (χ1v) is 13.0. The van der Waals surface area contributed by atoms with Gasteiger partial charge in [-0.25, -0.2) is 0 Å². The van der Waals surface area contributed by atoms with Crippen LogP contribution in [0.4, 0.5) is 11.4 Å². The van der Waals surface area contributed by atoms with Gasteiger partial charge >= 0.3 is 0 Å². The molecular formula is C29H31ClN2S. The van der Waals surface area contributed by atoms with Crippen LogP contribution in [0, 0.1) is 19.8 Å². The zero-order valence-electron chi connectivity index (χ0n) is 19.7. The van der Waals surface area contributed by atoms with Crippen molar-refractivity contribution in [1.29, 1.82) is 0 Å². The van der Waals surface area contributed by atoms with Crippen molar-refractivity contribution in [3.05, 3.63) is 99.6 Å². The minimum Gasteiger partial charge on any atom is -0.378 e. The van der Waals surface area contributed by atoms with Crippen molar-refractivity contribution in [2.24, 2.45) is 5.92 Å². The molecule has 1 heterocycles. The lowest BCUT2D eigenvalue weighted by molar-refractivity contribution is 0.425. The second-order valence-corrected chi connectivity index (χ2v) is 10.9. The first kappa shape index (κ1) is 22.4. The van der Waals surface area contributed by atoms with Crippen molar-refractivity contribution in [3.63, 3.8) is 0 Å². The monoisotopic (exact) mass is 474 g/mol. The van der Waals surface area contributed by atoms with E-state index in [-0.39, 0.29) is 0 Å². The molecule has 2 N–H and O–H groups in total. The Kier molecular flexibility index (Phi) is 6.20. The second kappa shape index (κ2) is 9.12. The molecule has 3 aromatic carbocycles. The first-order chi connectivity index (χ1) is 15.9. The molecule has 0 spiro atoms. The molecule has 0 aromatic heterocycles. The van der Waals surface area contributed by atoms with Gasteiger partial charge in [0.15, 0.2) is 0 Å². The molecule has 2 aliphatic rings. The van der Waals surface area contributed by atoms with Crippen LogP contribution in [0.2, 0.25) is 5.02 Å². The number of aryl methyl sites for hydroxylation is 2. The Morgan fingerprint density at radius 3 is 2.52 bits per heavy atom. The maximum absolute atomic E-state index is 6.76. The summed E-state index contributed by atoms with van der Waals surface area (Å²) in [5, 5.41) is 4.61. The molecule has 2 unspecified atom stereocenters. The van der Waals surface area contributed by atoms with Crippen molar-refractivity contribution in [1.82, 2.24) is 0 Å². The van der Waals surface area contributed by atoms with Gasteiger partial charge in [-0.3, -0.25) is 0 Å². The SMILES string of the molecule is Cc1ccc(NSc2cc3c(cc2Cl)N[C@@H](c2ccc(C(C)C)cc2)C2CC=CC32)cc1C. The molecule has 1 aliphatic heterocycles. The van der Waals surface area contributed by atoms with Crippen molar-refractivity contribution in [2.45, 2.75) is 56.9 Å². The van der Waals surface area contributed by atoms with Crippen molar-refractivity contribution >= 4 is 34.9 Å². The van der Waals surface area contributed by atoms with Gasteiger partial charge in [-0.15, -0.1) is 0 Å². The van der Waals surface area contributed by atoms with Crippen LogP contribution in [0.25, 0.3) is 0 Å². The summed E-state index contributed by atoms with van der Waals surface area (Å²) in [4.78, 5) is 1.06. The number of benzene rings is 3. The third-order valence-electron chi connectivity index (χ3n) is 7.16. The van der Waals surface area contributed by atoms with E-state index >= 15 is 0 Å². The number of hydrogen-bond donors (Lipinski definition) is 2. The molecule has 170 valence electrons. The summed E-state index contributed by atoms with van der Waals surface area (Å²) in [6.07, 6.45) is 5.83. The van der Waals surface area contributed by atoms with Gasteiger partial charge in [0, 0.05) is 22.2 Å². The Hall–Kier alpha value is -2.36. The highest BCUT2D eigenvalue weighted by Crippen LogP contribution is 2.51. The zero-order valence-corrected chi connectivity index (χ0v) is 21.2. The smallest absolute Gasteiger partial charge is 0.0580 e. The summed E-state index contributed by atoms with van der Waals surface area (Å²) in [6.45, 7) is 8.76. The molecule has 2 nitrogen and oxygen atoms in total. The van der Waals surface area contributed by atoms with Crippen LogP contribution in [0.5, 0.6) is 0 Å². The average Bonchev–Trinajstić information content (AvgIpc) is 3.30. The topological polar surface area (TPSA) is 24.1 Å². The normalized spacial score (nSPS) is 21.0. The van der Waals surface area contributed by atoms with E-state index in [0.29, 0.717) is 23.8 Å². The molecule has 0 fully saturated rings. The molecule has 5 rings (SSSR count). The molecule has 1 aliphatic carbocycles. The van der Waals surface area contributed by atoms with Crippen LogP contribution in [0.15, 0.2) is 71.6 Å². The van der Waals surface area contributed by atoms with Gasteiger partial charge in [0.2, 0.25) is 0 Å². The number of halogens is 1. The number of nitrogens with one attached hydrogen (secondary N) is 2. The third kappa shape index (κ3) is 4.41. The van der Waals surface area contributed by atoms with Crippen molar-refractivity contribution in [3.8, 4) is 0 Å². The van der Waals surface area contributed by atoms with Crippen LogP contribution in [0.3, 0.4) is 0 Å². The van der Waals surface area contributed by atoms with Gasteiger partial charge < -0.3 is 10.0 Å². The number of allylic oxidation sites excluding steroid dienone is 2. The zero-order chi connectivity index (χ0) is 23.1. The Morgan fingerprint density at radius 1 is 1.00 bits per heavy atom. The minimum atomic E-state index is 0.293. The summed E-state index contributed by atoms with van der Waals surface area (Å²) < 4.78 is 3.48. The molecule has 0 bridgehead atoms. The minimum absolute atomic E-state index is 0.293. The van der Waals surface area contributed by atoms with Gasteiger partial charge in [0.1, 0.15) is 0 Å². The first-order valence-electron chi connectivity index (χ1n) is 11.8. The number of hydrogen-bond acceptors (Lipinski definition) is 3. The summed E-state index contributed by atoms with van der Waals surface area (Å²) in [5.41, 5.74) is 8.92. The van der Waals surface area contributed by atoms with Crippen molar-refractivity contribution < 1.29 is 0 Å². The summed E-state index contributed by atoms with van der Waals surface area (Å²) in [7, 11) is 0. The Morgan fingerprint density at radius 2 is 1.79 bits per heavy atom. The van der Waals surface area contributed by atoms with Gasteiger partial charge in [-0.05, 0) is 96.1 Å². The third-order valence-corrected chi connectivity index (χ3v) is 8.48. The lowest BCUT2D eigenvalue weighted by atomic mass is 9.77. The molecule has 0 saturated carbocycles. The Labute approximate surface area is 207 Å². The highest BCUT2D eigenvalue weighted by Gasteiger charge is 2.38. The molecule has 0 radical (unpaired) electrons. The molecule has 33 heavy (non-hydrogen) atoms. The maximum atomic E-state index is 6.76. The van der Waals surface area contributed by atoms with E-state index in [1.165, 1.54) is 27.8 Å². The van der Waals surface area contributed by atoms with Crippen LogP contribution >= 0.6 is 23.5 Å². The predicted molar refractivity (Wildman–Crippen MR) is 144 cm³/mol. The lowest BCUT2D eigenvalue weighted by Gasteiger charge is -2.38. The molecule has 3 aromatic rings. The molecule has 3 atom stereocenters. The van der Waals surface area contributed by atoms with E-state index in [1.54, 1.807) is 11.9 Å². The summed E-state index contributed by atoms with van der Waals surface area (Å²) >= 11 is 8.35. The fourth-order valence-corrected chi connectivity index (χ4v) is 5.99. The van der Waals surface area contributed by atoms with Gasteiger partial charge in [-0.2, -0.15) is 0 Å². The highest BCUT2D eigenvalue weighted by molar-refractivity contribution is 8.00. The van der Waals surface area contributed by atoms with E-state index in [1.807, 2.05) is 0 Å². The number of anilines is 2. The summed E-state index contributed by atoms with van der Waals surface area (Å²) in [5.74, 6) is 1.48. The largest absolute Gasteiger partial charge is 0.378 e. The average molecular weight is 475 g/mol. The fraction of sp³-hybridized carbons (Fsp3) is 0.310. The van der Waals surface area contributed by atoms with E-state index in [4.69, 9.17) is 11.6 Å². The molecular weight excluding hydrogens is 444 g/mol.